The molecule has 0 spiro atoms. The quantitative estimate of drug-likeness (QED) is 0.613. The third-order valence-electron chi connectivity index (χ3n) is 2.45. The van der Waals surface area contributed by atoms with Gasteiger partial charge < -0.3 is 5.32 Å². The summed E-state index contributed by atoms with van der Waals surface area (Å²) in [5, 5.41) is 2.81. The van der Waals surface area contributed by atoms with Gasteiger partial charge in [-0.25, -0.2) is 4.39 Å². The number of hydrogen-bond donors (Lipinski definition) is 2. The van der Waals surface area contributed by atoms with Crippen LogP contribution < -0.4 is 5.32 Å². The molecule has 94 valence electrons. The maximum Gasteiger partial charge on any atom is 0.251 e. The minimum Gasteiger partial charge on any atom is -0.352 e. The Morgan fingerprint density at radius 3 is 2.76 bits per heavy atom. The molecule has 1 aromatic carbocycles. The number of rotatable bonds is 5. The highest BCUT2D eigenvalue weighted by atomic mass is 32.1. The van der Waals surface area contributed by atoms with Gasteiger partial charge in [0.25, 0.3) is 5.91 Å². The van der Waals surface area contributed by atoms with Gasteiger partial charge in [-0.15, -0.1) is 12.6 Å². The number of carbonyl (C=O) groups excluding carboxylic acids is 1. The Kier molecular flexibility index (Phi) is 5.48. The van der Waals surface area contributed by atoms with Gasteiger partial charge in [-0.2, -0.15) is 0 Å². The van der Waals surface area contributed by atoms with Crippen LogP contribution in [0.3, 0.4) is 0 Å². The van der Waals surface area contributed by atoms with Crippen molar-refractivity contribution in [3.8, 4) is 0 Å². The number of hydrogen-bond acceptors (Lipinski definition) is 2. The summed E-state index contributed by atoms with van der Waals surface area (Å²) in [4.78, 5) is 11.9. The van der Waals surface area contributed by atoms with E-state index in [1.807, 2.05) is 0 Å². The molecule has 1 rings (SSSR count). The predicted molar refractivity (Wildman–Crippen MR) is 70.1 cm³/mol. The Hall–Kier alpha value is -1.03. The van der Waals surface area contributed by atoms with Crippen LogP contribution in [0.4, 0.5) is 4.39 Å². The first-order valence-electron chi connectivity index (χ1n) is 5.77. The second kappa shape index (κ2) is 6.64. The smallest absolute Gasteiger partial charge is 0.251 e. The first kappa shape index (κ1) is 14.0. The topological polar surface area (TPSA) is 29.1 Å². The van der Waals surface area contributed by atoms with E-state index in [2.05, 4.69) is 31.8 Å². The highest BCUT2D eigenvalue weighted by Gasteiger charge is 2.07. The van der Waals surface area contributed by atoms with Crippen LogP contribution in [-0.4, -0.2) is 12.5 Å². The standard InChI is InChI=1S/C13H18FNOS/c1-9(2)4-3-7-15-13(16)10-5-6-11(14)12(17)8-10/h5-6,8-9,17H,3-4,7H2,1-2H3,(H,15,16). The zero-order valence-electron chi connectivity index (χ0n) is 10.2. The summed E-state index contributed by atoms with van der Waals surface area (Å²) in [6.45, 7) is 4.94. The summed E-state index contributed by atoms with van der Waals surface area (Å²) in [7, 11) is 0. The van der Waals surface area contributed by atoms with Gasteiger partial charge in [-0.1, -0.05) is 13.8 Å². The van der Waals surface area contributed by atoms with E-state index in [4.69, 9.17) is 0 Å². The fraction of sp³-hybridized carbons (Fsp3) is 0.462. The number of halogens is 1. The van der Waals surface area contributed by atoms with Crippen molar-refractivity contribution in [3.05, 3.63) is 29.6 Å². The molecule has 0 aliphatic carbocycles. The van der Waals surface area contributed by atoms with Gasteiger partial charge in [0.1, 0.15) is 5.82 Å². The Balaban J connectivity index is 2.44. The zero-order chi connectivity index (χ0) is 12.8. The van der Waals surface area contributed by atoms with Gasteiger partial charge in [0.2, 0.25) is 0 Å². The average molecular weight is 255 g/mol. The number of amides is 1. The minimum atomic E-state index is -0.412. The molecule has 0 aliphatic rings. The van der Waals surface area contributed by atoms with Gasteiger partial charge in [0, 0.05) is 17.0 Å². The molecule has 0 aromatic heterocycles. The van der Waals surface area contributed by atoms with E-state index in [0.717, 1.165) is 12.8 Å². The second-order valence-electron chi connectivity index (χ2n) is 4.46. The Morgan fingerprint density at radius 2 is 2.18 bits per heavy atom. The molecule has 1 N–H and O–H groups in total. The largest absolute Gasteiger partial charge is 0.352 e. The maximum absolute atomic E-state index is 12.9. The van der Waals surface area contributed by atoms with Crippen LogP contribution in [0.25, 0.3) is 0 Å². The van der Waals surface area contributed by atoms with Gasteiger partial charge in [0.05, 0.1) is 0 Å². The van der Waals surface area contributed by atoms with E-state index in [1.54, 1.807) is 0 Å². The predicted octanol–water partition coefficient (Wildman–Crippen LogP) is 3.28. The molecule has 0 saturated heterocycles. The molecule has 4 heteroatoms. The first-order chi connectivity index (χ1) is 8.00. The normalized spacial score (nSPS) is 10.6. The van der Waals surface area contributed by atoms with Crippen LogP contribution in [0.5, 0.6) is 0 Å². The number of benzene rings is 1. The van der Waals surface area contributed by atoms with E-state index >= 15 is 0 Å². The average Bonchev–Trinajstić information content (AvgIpc) is 2.27. The van der Waals surface area contributed by atoms with Crippen LogP contribution >= 0.6 is 12.6 Å². The minimum absolute atomic E-state index is 0.177. The van der Waals surface area contributed by atoms with Crippen LogP contribution in [0, 0.1) is 11.7 Å². The summed E-state index contributed by atoms with van der Waals surface area (Å²) in [6, 6.07) is 4.16. The van der Waals surface area contributed by atoms with Crippen molar-refractivity contribution in [3.63, 3.8) is 0 Å². The summed E-state index contributed by atoms with van der Waals surface area (Å²) in [5.41, 5.74) is 0.445. The van der Waals surface area contributed by atoms with E-state index < -0.39 is 5.82 Å². The first-order valence-corrected chi connectivity index (χ1v) is 6.22. The molecule has 17 heavy (non-hydrogen) atoms. The molecule has 0 radical (unpaired) electrons. The molecule has 1 aromatic rings. The monoisotopic (exact) mass is 255 g/mol. The second-order valence-corrected chi connectivity index (χ2v) is 4.94. The molecule has 0 aliphatic heterocycles. The Morgan fingerprint density at radius 1 is 1.47 bits per heavy atom. The molecular weight excluding hydrogens is 237 g/mol. The lowest BCUT2D eigenvalue weighted by Gasteiger charge is -2.07. The van der Waals surface area contributed by atoms with E-state index in [9.17, 15) is 9.18 Å². The fourth-order valence-electron chi connectivity index (χ4n) is 1.47. The number of nitrogens with one attached hydrogen (secondary N) is 1. The maximum atomic E-state index is 12.9. The van der Waals surface area contributed by atoms with E-state index in [-0.39, 0.29) is 10.8 Å². The number of thiol groups is 1. The summed E-state index contributed by atoms with van der Waals surface area (Å²) in [5.74, 6) is 0.0514. The molecule has 0 heterocycles. The SMILES string of the molecule is CC(C)CCCNC(=O)c1ccc(F)c(S)c1. The lowest BCUT2D eigenvalue weighted by Crippen LogP contribution is -2.24. The molecule has 0 unspecified atom stereocenters. The Bertz CT molecular complexity index is 393. The summed E-state index contributed by atoms with van der Waals surface area (Å²) < 4.78 is 12.9. The molecule has 2 nitrogen and oxygen atoms in total. The lowest BCUT2D eigenvalue weighted by molar-refractivity contribution is 0.0952. The third-order valence-corrected chi connectivity index (χ3v) is 2.79. The van der Waals surface area contributed by atoms with Gasteiger partial charge in [0.15, 0.2) is 0 Å². The van der Waals surface area contributed by atoms with Crippen LogP contribution in [0.15, 0.2) is 23.1 Å². The summed E-state index contributed by atoms with van der Waals surface area (Å²) in [6.07, 6.45) is 2.04. The van der Waals surface area contributed by atoms with Crippen LogP contribution in [-0.2, 0) is 0 Å². The summed E-state index contributed by atoms with van der Waals surface area (Å²) >= 11 is 3.94. The van der Waals surface area contributed by atoms with Crippen molar-refractivity contribution >= 4 is 18.5 Å². The van der Waals surface area contributed by atoms with E-state index in [0.29, 0.717) is 18.0 Å². The van der Waals surface area contributed by atoms with E-state index in [1.165, 1.54) is 18.2 Å². The third kappa shape index (κ3) is 4.77. The van der Waals surface area contributed by atoms with Gasteiger partial charge in [-0.05, 0) is 37.0 Å². The van der Waals surface area contributed by atoms with Crippen molar-refractivity contribution in [1.29, 1.82) is 0 Å². The lowest BCUT2D eigenvalue weighted by atomic mass is 10.1. The molecule has 0 atom stereocenters. The number of carbonyl (C=O) groups is 1. The van der Waals surface area contributed by atoms with Crippen molar-refractivity contribution in [2.45, 2.75) is 31.6 Å². The molecule has 0 fully saturated rings. The highest BCUT2D eigenvalue weighted by Crippen LogP contribution is 2.14. The zero-order valence-corrected chi connectivity index (χ0v) is 11.1. The molecule has 1 amide bonds. The van der Waals surface area contributed by atoms with Gasteiger partial charge in [-0.3, -0.25) is 4.79 Å². The highest BCUT2D eigenvalue weighted by molar-refractivity contribution is 7.80. The van der Waals surface area contributed by atoms with Crippen LogP contribution in [0.2, 0.25) is 0 Å². The van der Waals surface area contributed by atoms with Gasteiger partial charge >= 0.3 is 0 Å². The molecular formula is C13H18FNOS. The van der Waals surface area contributed by atoms with Crippen LogP contribution in [0.1, 0.15) is 37.0 Å². The van der Waals surface area contributed by atoms with Crippen molar-refractivity contribution in [1.82, 2.24) is 5.32 Å². The van der Waals surface area contributed by atoms with Crippen molar-refractivity contribution < 1.29 is 9.18 Å². The van der Waals surface area contributed by atoms with Crippen molar-refractivity contribution in [2.75, 3.05) is 6.54 Å². The Labute approximate surface area is 107 Å². The van der Waals surface area contributed by atoms with Crippen molar-refractivity contribution in [2.24, 2.45) is 5.92 Å². The molecule has 0 bridgehead atoms. The molecule has 0 saturated carbocycles. The fourth-order valence-corrected chi connectivity index (χ4v) is 1.68.